The molecular weight excluding hydrogens is 212 g/mol. The summed E-state index contributed by atoms with van der Waals surface area (Å²) in [5.74, 6) is -0.827. The quantitative estimate of drug-likeness (QED) is 0.379. The minimum atomic E-state index is -0.827. The van der Waals surface area contributed by atoms with E-state index in [4.69, 9.17) is 25.5 Å². The van der Waals surface area contributed by atoms with Crippen molar-refractivity contribution in [2.45, 2.75) is 6.92 Å². The second-order valence-corrected chi connectivity index (χ2v) is 2.97. The van der Waals surface area contributed by atoms with Crippen molar-refractivity contribution in [3.05, 3.63) is 41.3 Å². The predicted molar refractivity (Wildman–Crippen MR) is 59.7 cm³/mol. The van der Waals surface area contributed by atoms with Crippen molar-refractivity contribution in [1.82, 2.24) is 0 Å². The van der Waals surface area contributed by atoms with Gasteiger partial charge in [-0.1, -0.05) is 29.8 Å². The molecular formula is C11H16O5. The van der Waals surface area contributed by atoms with Crippen LogP contribution in [0.1, 0.15) is 11.1 Å². The van der Waals surface area contributed by atoms with Crippen LogP contribution in [0.2, 0.25) is 0 Å². The molecule has 0 radical (unpaired) electrons. The van der Waals surface area contributed by atoms with Gasteiger partial charge in [0.1, 0.15) is 6.79 Å². The first-order valence-corrected chi connectivity index (χ1v) is 4.57. The molecule has 0 saturated carbocycles. The second-order valence-electron chi connectivity index (χ2n) is 2.97. The Balaban J connectivity index is 0.000000673. The minimum Gasteiger partial charge on any atom is -0.481 e. The number of hydrogen-bond donors (Lipinski definition) is 5. The van der Waals surface area contributed by atoms with Gasteiger partial charge in [0.2, 0.25) is 0 Å². The Hall–Kier alpha value is -1.56. The highest BCUT2D eigenvalue weighted by atomic mass is 16.5. The van der Waals surface area contributed by atoms with Gasteiger partial charge in [0.05, 0.1) is 12.2 Å². The average molecular weight is 228 g/mol. The molecule has 5 heteroatoms. The fraction of sp³-hybridized carbons (Fsp3) is 0.273. The highest BCUT2D eigenvalue weighted by molar-refractivity contribution is 5.66. The maximum Gasteiger partial charge on any atom is 0.280 e. The molecule has 0 atom stereocenters. The summed E-state index contributed by atoms with van der Waals surface area (Å²) in [7, 11) is 0. The fourth-order valence-corrected chi connectivity index (χ4v) is 1.05. The molecule has 90 valence electrons. The minimum absolute atomic E-state index is 0.139. The van der Waals surface area contributed by atoms with Gasteiger partial charge in [-0.25, -0.2) is 0 Å². The van der Waals surface area contributed by atoms with Crippen LogP contribution in [0.3, 0.4) is 0 Å². The zero-order chi connectivity index (χ0) is 12.6. The van der Waals surface area contributed by atoms with Gasteiger partial charge >= 0.3 is 0 Å². The van der Waals surface area contributed by atoms with E-state index in [9.17, 15) is 0 Å². The summed E-state index contributed by atoms with van der Waals surface area (Å²) in [5, 5.41) is 40.7. The molecule has 0 aromatic heterocycles. The maximum absolute atomic E-state index is 8.84. The van der Waals surface area contributed by atoms with Crippen molar-refractivity contribution >= 4 is 5.57 Å². The number of benzene rings is 1. The van der Waals surface area contributed by atoms with E-state index >= 15 is 0 Å². The summed E-state index contributed by atoms with van der Waals surface area (Å²) < 4.78 is 0. The number of hydrogen-bond acceptors (Lipinski definition) is 5. The molecule has 0 aliphatic rings. The van der Waals surface area contributed by atoms with Gasteiger partial charge in [-0.15, -0.1) is 0 Å². The number of aryl methyl sites for hydroxylation is 1. The molecule has 1 aromatic carbocycles. The van der Waals surface area contributed by atoms with Crippen LogP contribution >= 0.6 is 0 Å². The van der Waals surface area contributed by atoms with E-state index in [0.29, 0.717) is 5.56 Å². The SMILES string of the molecule is Cc1ccc(C(CO)=C(O)O)cc1.OCO. The van der Waals surface area contributed by atoms with Crippen molar-refractivity contribution in [2.24, 2.45) is 0 Å². The van der Waals surface area contributed by atoms with Crippen molar-refractivity contribution in [1.29, 1.82) is 0 Å². The number of aliphatic hydroxyl groups excluding tert-OH is 3. The van der Waals surface area contributed by atoms with Crippen molar-refractivity contribution in [3.63, 3.8) is 0 Å². The maximum atomic E-state index is 8.84. The van der Waals surface area contributed by atoms with Gasteiger partial charge in [0.25, 0.3) is 5.95 Å². The lowest BCUT2D eigenvalue weighted by atomic mass is 10.1. The van der Waals surface area contributed by atoms with E-state index in [1.165, 1.54) is 0 Å². The molecule has 0 unspecified atom stereocenters. The normalized spacial score (nSPS) is 9.00. The molecule has 16 heavy (non-hydrogen) atoms. The predicted octanol–water partition coefficient (Wildman–Crippen LogP) is 0.700. The van der Waals surface area contributed by atoms with Gasteiger partial charge < -0.3 is 25.5 Å². The van der Waals surface area contributed by atoms with Crippen LogP contribution in [0.4, 0.5) is 0 Å². The first-order valence-electron chi connectivity index (χ1n) is 4.57. The van der Waals surface area contributed by atoms with Gasteiger partial charge in [0.15, 0.2) is 0 Å². The van der Waals surface area contributed by atoms with Gasteiger partial charge in [-0.2, -0.15) is 0 Å². The van der Waals surface area contributed by atoms with E-state index in [1.54, 1.807) is 12.1 Å². The monoisotopic (exact) mass is 228 g/mol. The lowest BCUT2D eigenvalue weighted by Gasteiger charge is -2.04. The molecule has 0 saturated heterocycles. The summed E-state index contributed by atoms with van der Waals surface area (Å²) in [6.07, 6.45) is 0. The molecule has 1 aromatic rings. The van der Waals surface area contributed by atoms with Crippen LogP contribution in [0.25, 0.3) is 5.57 Å². The Labute approximate surface area is 93.5 Å². The van der Waals surface area contributed by atoms with Crippen LogP contribution in [0.15, 0.2) is 30.2 Å². The molecule has 5 N–H and O–H groups in total. The van der Waals surface area contributed by atoms with Gasteiger partial charge in [0, 0.05) is 0 Å². The first kappa shape index (κ1) is 14.4. The summed E-state index contributed by atoms with van der Waals surface area (Å²) in [6, 6.07) is 7.14. The van der Waals surface area contributed by atoms with Crippen LogP contribution in [0, 0.1) is 6.92 Å². The standard InChI is InChI=1S/C10H12O3.CH4O2/c1-7-2-4-8(5-3-7)9(6-11)10(12)13;2-1-3/h2-5,11-13H,6H2,1H3;2-3H,1H2. The Kier molecular flexibility index (Phi) is 6.95. The van der Waals surface area contributed by atoms with Crippen molar-refractivity contribution < 1.29 is 25.5 Å². The van der Waals surface area contributed by atoms with Crippen LogP contribution in [-0.4, -0.2) is 38.9 Å². The molecule has 0 amide bonds. The highest BCUT2D eigenvalue weighted by Crippen LogP contribution is 2.16. The molecule has 5 nitrogen and oxygen atoms in total. The summed E-state index contributed by atoms with van der Waals surface area (Å²) in [6.45, 7) is 0.802. The summed E-state index contributed by atoms with van der Waals surface area (Å²) in [4.78, 5) is 0. The molecule has 1 rings (SSSR count). The van der Waals surface area contributed by atoms with Gasteiger partial charge in [-0.3, -0.25) is 0 Å². The fourth-order valence-electron chi connectivity index (χ4n) is 1.05. The van der Waals surface area contributed by atoms with Crippen molar-refractivity contribution in [2.75, 3.05) is 13.4 Å². The third-order valence-electron chi connectivity index (χ3n) is 1.83. The van der Waals surface area contributed by atoms with E-state index in [-0.39, 0.29) is 12.2 Å². The molecule has 0 aliphatic carbocycles. The molecule has 0 bridgehead atoms. The van der Waals surface area contributed by atoms with Crippen molar-refractivity contribution in [3.8, 4) is 0 Å². The van der Waals surface area contributed by atoms with Gasteiger partial charge in [-0.05, 0) is 12.5 Å². The van der Waals surface area contributed by atoms with Crippen LogP contribution in [-0.2, 0) is 0 Å². The Morgan fingerprint density at radius 3 is 1.75 bits per heavy atom. The Morgan fingerprint density at radius 2 is 1.44 bits per heavy atom. The van der Waals surface area contributed by atoms with E-state index in [2.05, 4.69) is 0 Å². The lowest BCUT2D eigenvalue weighted by molar-refractivity contribution is 0.0773. The smallest absolute Gasteiger partial charge is 0.280 e. The first-order chi connectivity index (χ1) is 7.56. The second kappa shape index (κ2) is 7.70. The zero-order valence-corrected chi connectivity index (χ0v) is 8.96. The lowest BCUT2D eigenvalue weighted by Crippen LogP contribution is -1.95. The number of rotatable bonds is 2. The largest absolute Gasteiger partial charge is 0.481 e. The number of aliphatic hydroxyl groups is 5. The van der Waals surface area contributed by atoms with Crippen LogP contribution in [0.5, 0.6) is 0 Å². The average Bonchev–Trinajstić information content (AvgIpc) is 2.22. The van der Waals surface area contributed by atoms with Crippen LogP contribution < -0.4 is 0 Å². The van der Waals surface area contributed by atoms with E-state index in [0.717, 1.165) is 5.56 Å². The van der Waals surface area contributed by atoms with E-state index < -0.39 is 12.7 Å². The third-order valence-corrected chi connectivity index (χ3v) is 1.83. The Bertz CT molecular complexity index is 325. The molecule has 0 fully saturated rings. The van der Waals surface area contributed by atoms with E-state index in [1.807, 2.05) is 19.1 Å². The molecule has 0 heterocycles. The topological polar surface area (TPSA) is 101 Å². The zero-order valence-electron chi connectivity index (χ0n) is 8.96. The summed E-state index contributed by atoms with van der Waals surface area (Å²) in [5.41, 5.74) is 1.84. The highest BCUT2D eigenvalue weighted by Gasteiger charge is 2.05. The summed E-state index contributed by atoms with van der Waals surface area (Å²) >= 11 is 0. The molecule has 0 aliphatic heterocycles. The Morgan fingerprint density at radius 1 is 1.00 bits per heavy atom. The third kappa shape index (κ3) is 4.79. The molecule has 0 spiro atoms.